The number of carbonyl (C=O) groups excluding carboxylic acids is 2. The molecule has 2 aliphatic heterocycles. The number of fused-ring (bicyclic) bond motifs is 1. The van der Waals surface area contributed by atoms with E-state index >= 15 is 0 Å². The van der Waals surface area contributed by atoms with Gasteiger partial charge in [-0.1, -0.05) is 17.7 Å². The Bertz CT molecular complexity index is 961. The summed E-state index contributed by atoms with van der Waals surface area (Å²) in [6.45, 7) is 3.43. The largest absolute Gasteiger partial charge is 0.482 e. The number of likely N-dealkylation sites (tertiary alicyclic amines) is 1. The van der Waals surface area contributed by atoms with Crippen LogP contribution >= 0.6 is 11.6 Å². The third-order valence-corrected chi connectivity index (χ3v) is 5.68. The highest BCUT2D eigenvalue weighted by atomic mass is 35.5. The molecule has 1 spiro atoms. The maximum absolute atomic E-state index is 12.6. The molecule has 2 aromatic carbocycles. The van der Waals surface area contributed by atoms with Crippen LogP contribution in [0.3, 0.4) is 0 Å². The van der Waals surface area contributed by atoms with E-state index in [0.717, 1.165) is 37.2 Å². The Morgan fingerprint density at radius 3 is 2.55 bits per heavy atom. The lowest BCUT2D eigenvalue weighted by atomic mass is 9.88. The number of nitrogens with one attached hydrogen (secondary N) is 1. The summed E-state index contributed by atoms with van der Waals surface area (Å²) in [5.74, 6) is 0.812. The first-order valence-corrected chi connectivity index (χ1v) is 10.1. The van der Waals surface area contributed by atoms with Crippen LogP contribution in [0.5, 0.6) is 5.75 Å². The van der Waals surface area contributed by atoms with Gasteiger partial charge >= 0.3 is 0 Å². The molecule has 0 unspecified atom stereocenters. The van der Waals surface area contributed by atoms with Crippen molar-refractivity contribution in [2.45, 2.75) is 25.4 Å². The van der Waals surface area contributed by atoms with Gasteiger partial charge in [0.15, 0.2) is 5.78 Å². The second-order valence-corrected chi connectivity index (χ2v) is 8.08. The number of hydrogen-bond acceptors (Lipinski definition) is 4. The Balaban J connectivity index is 1.34. The van der Waals surface area contributed by atoms with Gasteiger partial charge < -0.3 is 10.1 Å². The number of carbonyl (C=O) groups is 2. The van der Waals surface area contributed by atoms with E-state index in [-0.39, 0.29) is 17.3 Å². The molecule has 1 amide bonds. The summed E-state index contributed by atoms with van der Waals surface area (Å²) >= 11 is 6.06. The average molecular weight is 411 g/mol. The van der Waals surface area contributed by atoms with E-state index in [9.17, 15) is 9.59 Å². The van der Waals surface area contributed by atoms with Gasteiger partial charge in [0.25, 0.3) is 0 Å². The Morgan fingerprint density at radius 1 is 1.14 bits per heavy atom. The first-order chi connectivity index (χ1) is 13.9. The fourth-order valence-corrected chi connectivity index (χ4v) is 4.01. The molecule has 1 N–H and O–H groups in total. The number of ether oxygens (including phenoxy) is 1. The molecule has 5 nitrogen and oxygen atoms in total. The first kappa shape index (κ1) is 19.7. The molecule has 29 heavy (non-hydrogen) atoms. The molecule has 0 aromatic heterocycles. The number of halogens is 1. The summed E-state index contributed by atoms with van der Waals surface area (Å²) in [6.07, 6.45) is 5.88. The van der Waals surface area contributed by atoms with E-state index in [0.29, 0.717) is 22.8 Å². The van der Waals surface area contributed by atoms with Gasteiger partial charge in [0, 0.05) is 54.7 Å². The molecule has 0 radical (unpaired) electrons. The van der Waals surface area contributed by atoms with Crippen molar-refractivity contribution in [2.75, 3.05) is 25.0 Å². The van der Waals surface area contributed by atoms with Gasteiger partial charge in [0.2, 0.25) is 5.91 Å². The topological polar surface area (TPSA) is 58.6 Å². The average Bonchev–Trinajstić information content (AvgIpc) is 2.70. The first-order valence-electron chi connectivity index (χ1n) is 9.73. The smallest absolute Gasteiger partial charge is 0.221 e. The number of benzene rings is 2. The number of hydrogen-bond donors (Lipinski definition) is 1. The fourth-order valence-electron chi connectivity index (χ4n) is 3.83. The molecule has 0 atom stereocenters. The van der Waals surface area contributed by atoms with Gasteiger partial charge in [0.05, 0.1) is 6.54 Å². The SMILES string of the molecule is CC(=O)Nc1ccc(C(=O)CN2CCC3(C=Cc4cc(Cl)ccc4O3)CC2)cc1. The molecule has 0 aliphatic carbocycles. The Kier molecular flexibility index (Phi) is 5.43. The van der Waals surface area contributed by atoms with E-state index in [4.69, 9.17) is 16.3 Å². The summed E-state index contributed by atoms with van der Waals surface area (Å²) in [4.78, 5) is 25.9. The number of anilines is 1. The number of ketones is 1. The highest BCUT2D eigenvalue weighted by molar-refractivity contribution is 6.30. The van der Waals surface area contributed by atoms with Crippen LogP contribution in [-0.4, -0.2) is 41.8 Å². The molecule has 150 valence electrons. The van der Waals surface area contributed by atoms with E-state index < -0.39 is 0 Å². The number of rotatable bonds is 4. The molecule has 2 heterocycles. The van der Waals surface area contributed by atoms with Crippen molar-refractivity contribution >= 4 is 35.1 Å². The molecule has 2 aromatic rings. The van der Waals surface area contributed by atoms with E-state index in [2.05, 4.69) is 22.4 Å². The molecule has 2 aliphatic rings. The van der Waals surface area contributed by atoms with E-state index in [1.165, 1.54) is 6.92 Å². The van der Waals surface area contributed by atoms with Gasteiger partial charge in [-0.2, -0.15) is 0 Å². The standard InChI is InChI=1S/C23H23ClN2O3/c1-16(27)25-20-5-2-17(3-6-20)21(28)15-26-12-10-23(11-13-26)9-8-18-14-19(24)4-7-22(18)29-23/h2-9,14H,10-13,15H2,1H3,(H,25,27). The molecular formula is C23H23ClN2O3. The molecule has 4 rings (SSSR count). The Hall–Kier alpha value is -2.63. The van der Waals surface area contributed by atoms with Gasteiger partial charge in [-0.05, 0) is 48.5 Å². The monoisotopic (exact) mass is 410 g/mol. The zero-order valence-corrected chi connectivity index (χ0v) is 17.0. The minimum absolute atomic E-state index is 0.0791. The molecule has 0 bridgehead atoms. The van der Waals surface area contributed by atoms with Crippen LogP contribution in [0.15, 0.2) is 48.5 Å². The second-order valence-electron chi connectivity index (χ2n) is 7.64. The minimum atomic E-state index is -0.305. The number of amides is 1. The number of nitrogens with zero attached hydrogens (tertiary/aromatic N) is 1. The lowest BCUT2D eigenvalue weighted by molar-refractivity contribution is -0.114. The van der Waals surface area contributed by atoms with Crippen LogP contribution in [-0.2, 0) is 4.79 Å². The van der Waals surface area contributed by atoms with Crippen LogP contribution in [0.1, 0.15) is 35.7 Å². The van der Waals surface area contributed by atoms with Gasteiger partial charge in [-0.15, -0.1) is 0 Å². The lowest BCUT2D eigenvalue weighted by Gasteiger charge is -2.41. The zero-order chi connectivity index (χ0) is 20.4. The van der Waals surface area contributed by atoms with Crippen LogP contribution in [0.4, 0.5) is 5.69 Å². The zero-order valence-electron chi connectivity index (χ0n) is 16.3. The Labute approximate surface area is 175 Å². The predicted octanol–water partition coefficient (Wildman–Crippen LogP) is 4.42. The van der Waals surface area contributed by atoms with Crippen molar-refractivity contribution in [3.8, 4) is 5.75 Å². The summed E-state index contributed by atoms with van der Waals surface area (Å²) < 4.78 is 6.31. The van der Waals surface area contributed by atoms with Crippen LogP contribution < -0.4 is 10.1 Å². The second kappa shape index (κ2) is 8.01. The number of Topliss-reactive ketones (excluding diaryl/α,β-unsaturated/α-hetero) is 1. The van der Waals surface area contributed by atoms with Crippen molar-refractivity contribution in [1.29, 1.82) is 0 Å². The molecule has 0 saturated carbocycles. The molecular weight excluding hydrogens is 388 g/mol. The lowest BCUT2D eigenvalue weighted by Crippen LogP contribution is -2.48. The normalized spacial score (nSPS) is 17.4. The summed E-state index contributed by atoms with van der Waals surface area (Å²) in [7, 11) is 0. The quantitative estimate of drug-likeness (QED) is 0.758. The summed E-state index contributed by atoms with van der Waals surface area (Å²) in [5, 5.41) is 3.41. The van der Waals surface area contributed by atoms with Crippen LogP contribution in [0, 0.1) is 0 Å². The number of piperidine rings is 1. The van der Waals surface area contributed by atoms with Crippen molar-refractivity contribution in [1.82, 2.24) is 4.90 Å². The maximum atomic E-state index is 12.6. The summed E-state index contributed by atoms with van der Waals surface area (Å²) in [5.41, 5.74) is 2.04. The molecule has 1 saturated heterocycles. The van der Waals surface area contributed by atoms with Crippen LogP contribution in [0.25, 0.3) is 6.08 Å². The third kappa shape index (κ3) is 4.52. The Morgan fingerprint density at radius 2 is 1.86 bits per heavy atom. The molecule has 1 fully saturated rings. The van der Waals surface area contributed by atoms with Gasteiger partial charge in [0.1, 0.15) is 11.4 Å². The highest BCUT2D eigenvalue weighted by Crippen LogP contribution is 2.38. The predicted molar refractivity (Wildman–Crippen MR) is 115 cm³/mol. The van der Waals surface area contributed by atoms with Gasteiger partial charge in [-0.3, -0.25) is 14.5 Å². The van der Waals surface area contributed by atoms with Crippen molar-refractivity contribution < 1.29 is 14.3 Å². The van der Waals surface area contributed by atoms with Crippen LogP contribution in [0.2, 0.25) is 5.02 Å². The van der Waals surface area contributed by atoms with Gasteiger partial charge in [-0.25, -0.2) is 0 Å². The van der Waals surface area contributed by atoms with E-state index in [1.807, 2.05) is 18.2 Å². The molecule has 6 heteroatoms. The minimum Gasteiger partial charge on any atom is -0.482 e. The fraction of sp³-hybridized carbons (Fsp3) is 0.304. The van der Waals surface area contributed by atoms with Crippen molar-refractivity contribution in [3.63, 3.8) is 0 Å². The van der Waals surface area contributed by atoms with E-state index in [1.54, 1.807) is 24.3 Å². The summed E-state index contributed by atoms with van der Waals surface area (Å²) in [6, 6.07) is 12.7. The van der Waals surface area contributed by atoms with Crippen molar-refractivity contribution in [3.05, 3.63) is 64.7 Å². The van der Waals surface area contributed by atoms with Crippen molar-refractivity contribution in [2.24, 2.45) is 0 Å². The third-order valence-electron chi connectivity index (χ3n) is 5.45. The highest BCUT2D eigenvalue weighted by Gasteiger charge is 2.37. The maximum Gasteiger partial charge on any atom is 0.221 e.